The summed E-state index contributed by atoms with van der Waals surface area (Å²) in [4.78, 5) is 23.0. The second kappa shape index (κ2) is 10.3. The number of phenols is 2. The van der Waals surface area contributed by atoms with Gasteiger partial charge in [-0.3, -0.25) is 0 Å². The Morgan fingerprint density at radius 1 is 1.09 bits per heavy atom. The first-order chi connectivity index (χ1) is 15.9. The highest BCUT2D eigenvalue weighted by Crippen LogP contribution is 2.50. The fraction of sp³-hybridized carbons (Fsp3) is 0.360. The largest absolute Gasteiger partial charge is 0.507 e. The van der Waals surface area contributed by atoms with Gasteiger partial charge >= 0.3 is 5.97 Å². The quantitative estimate of drug-likeness (QED) is 0.455. The van der Waals surface area contributed by atoms with Crippen LogP contribution in [-0.4, -0.2) is 41.3 Å². The molecule has 1 aliphatic heterocycles. The third kappa shape index (κ3) is 4.74. The summed E-state index contributed by atoms with van der Waals surface area (Å²) >= 11 is 0. The van der Waals surface area contributed by atoms with E-state index in [1.54, 1.807) is 24.3 Å². The molecule has 8 nitrogen and oxygen atoms in total. The van der Waals surface area contributed by atoms with Gasteiger partial charge in [-0.05, 0) is 37.1 Å². The highest BCUT2D eigenvalue weighted by atomic mass is 16.5. The Morgan fingerprint density at radius 2 is 1.79 bits per heavy atom. The number of ether oxygens (including phenoxy) is 3. The van der Waals surface area contributed by atoms with Crippen molar-refractivity contribution >= 4 is 18.0 Å². The van der Waals surface area contributed by atoms with Gasteiger partial charge in [0.2, 0.25) is 0 Å². The van der Waals surface area contributed by atoms with Crippen molar-refractivity contribution in [3.63, 3.8) is 0 Å². The minimum absolute atomic E-state index is 0.0129. The van der Waals surface area contributed by atoms with E-state index in [4.69, 9.17) is 19.3 Å². The minimum Gasteiger partial charge on any atom is -0.507 e. The van der Waals surface area contributed by atoms with E-state index in [2.05, 4.69) is 0 Å². The fourth-order valence-corrected chi connectivity index (χ4v) is 3.96. The average molecular weight is 456 g/mol. The van der Waals surface area contributed by atoms with Crippen LogP contribution < -0.4 is 14.2 Å². The molecule has 0 bridgehead atoms. The molecule has 0 saturated heterocycles. The van der Waals surface area contributed by atoms with Crippen LogP contribution in [0.5, 0.6) is 28.7 Å². The van der Waals surface area contributed by atoms with E-state index < -0.39 is 18.5 Å². The molecule has 8 heteroatoms. The number of hydrogen-bond donors (Lipinski definition) is 3. The molecule has 1 aliphatic rings. The molecule has 3 rings (SSSR count). The monoisotopic (exact) mass is 456 g/mol. The summed E-state index contributed by atoms with van der Waals surface area (Å²) in [5.41, 5.74) is 1.82. The molecule has 0 amide bonds. The van der Waals surface area contributed by atoms with E-state index >= 15 is 0 Å². The van der Waals surface area contributed by atoms with Gasteiger partial charge in [-0.1, -0.05) is 26.7 Å². The molecule has 1 atom stereocenters. The third-order valence-electron chi connectivity index (χ3n) is 5.45. The Kier molecular flexibility index (Phi) is 7.48. The first-order valence-corrected chi connectivity index (χ1v) is 10.8. The van der Waals surface area contributed by atoms with E-state index in [-0.39, 0.29) is 23.0 Å². The van der Waals surface area contributed by atoms with Crippen LogP contribution in [0.1, 0.15) is 54.9 Å². The number of carboxylic acids is 1. The number of carboxylic acid groups (broad SMARTS) is 1. The van der Waals surface area contributed by atoms with Gasteiger partial charge in [0.1, 0.15) is 29.3 Å². The summed E-state index contributed by atoms with van der Waals surface area (Å²) in [5.74, 6) is -0.933. The summed E-state index contributed by atoms with van der Waals surface area (Å²) < 4.78 is 16.7. The minimum atomic E-state index is -1.14. The van der Waals surface area contributed by atoms with Crippen molar-refractivity contribution in [1.82, 2.24) is 0 Å². The zero-order valence-corrected chi connectivity index (χ0v) is 18.9. The van der Waals surface area contributed by atoms with E-state index in [0.717, 1.165) is 12.7 Å². The van der Waals surface area contributed by atoms with Crippen LogP contribution in [0.3, 0.4) is 0 Å². The van der Waals surface area contributed by atoms with Crippen molar-refractivity contribution in [1.29, 1.82) is 0 Å². The number of aldehydes is 1. The Bertz CT molecular complexity index is 1090. The first-order valence-electron chi connectivity index (χ1n) is 10.8. The smallest absolute Gasteiger partial charge is 0.341 e. The van der Waals surface area contributed by atoms with Crippen molar-refractivity contribution in [2.45, 2.75) is 45.4 Å². The summed E-state index contributed by atoms with van der Waals surface area (Å²) in [5, 5.41) is 30.7. The highest BCUT2D eigenvalue weighted by molar-refractivity contribution is 5.81. The van der Waals surface area contributed by atoms with Gasteiger partial charge in [-0.25, -0.2) is 4.79 Å². The number of carbonyl (C=O) groups is 2. The maximum Gasteiger partial charge on any atom is 0.341 e. The second-order valence-electron chi connectivity index (χ2n) is 7.74. The molecule has 0 aromatic heterocycles. The Hall–Kier alpha value is -3.68. The van der Waals surface area contributed by atoms with E-state index in [1.165, 1.54) is 7.11 Å². The number of rotatable bonds is 10. The Balaban J connectivity index is 2.13. The maximum absolute atomic E-state index is 12.0. The van der Waals surface area contributed by atoms with Gasteiger partial charge in [0.15, 0.2) is 18.1 Å². The molecular formula is C25H28O8. The van der Waals surface area contributed by atoms with Crippen LogP contribution in [0.15, 0.2) is 24.3 Å². The van der Waals surface area contributed by atoms with Gasteiger partial charge in [-0.15, -0.1) is 0 Å². The molecule has 0 radical (unpaired) electrons. The van der Waals surface area contributed by atoms with Crippen molar-refractivity contribution in [3.05, 3.63) is 46.5 Å². The van der Waals surface area contributed by atoms with Crippen LogP contribution in [0, 0.1) is 0 Å². The van der Waals surface area contributed by atoms with Gasteiger partial charge < -0.3 is 34.3 Å². The van der Waals surface area contributed by atoms with Gasteiger partial charge in [0.25, 0.3) is 0 Å². The van der Waals surface area contributed by atoms with Crippen LogP contribution in [0.2, 0.25) is 0 Å². The van der Waals surface area contributed by atoms with E-state index in [9.17, 15) is 19.8 Å². The van der Waals surface area contributed by atoms with Crippen molar-refractivity contribution in [3.8, 4) is 28.7 Å². The van der Waals surface area contributed by atoms with Gasteiger partial charge in [0, 0.05) is 16.7 Å². The summed E-state index contributed by atoms with van der Waals surface area (Å²) in [6, 6.07) is 4.86. The standard InChI is InChI=1S/C25H28O8/c1-4-6-16-23(29)17(7-5-2)25-22(24(16)30)15(12-26)11-19(33-25)14-8-9-18(31-3)20(10-14)32-13-21(27)28/h8-12,15,29-30H,4-7,13H2,1-3H3,(H,27,28). The lowest BCUT2D eigenvalue weighted by atomic mass is 9.87. The van der Waals surface area contributed by atoms with Gasteiger partial charge in [-0.2, -0.15) is 0 Å². The Labute approximate surface area is 192 Å². The maximum atomic E-state index is 12.0. The number of phenolic OH excluding ortho intramolecular Hbond substituents is 2. The number of allylic oxidation sites excluding steroid dienone is 1. The normalized spacial score (nSPS) is 14.6. The SMILES string of the molecule is CCCc1c(O)c(CCC)c2c(c1O)C(C=O)C=C(c1ccc(OC)c(OCC(=O)O)c1)O2. The van der Waals surface area contributed by atoms with Crippen molar-refractivity contribution in [2.24, 2.45) is 0 Å². The predicted octanol–water partition coefficient (Wildman–Crippen LogP) is 4.19. The number of aliphatic carboxylic acids is 1. The molecule has 0 fully saturated rings. The summed E-state index contributed by atoms with van der Waals surface area (Å²) in [6.45, 7) is 3.35. The van der Waals surface area contributed by atoms with Crippen molar-refractivity contribution < 1.29 is 39.1 Å². The topological polar surface area (TPSA) is 123 Å². The molecule has 176 valence electrons. The molecule has 0 saturated carbocycles. The lowest BCUT2D eigenvalue weighted by Gasteiger charge is -2.28. The number of hydrogen-bond acceptors (Lipinski definition) is 7. The molecule has 2 aromatic rings. The molecule has 1 unspecified atom stereocenters. The van der Waals surface area contributed by atoms with Crippen LogP contribution in [-0.2, 0) is 22.4 Å². The molecule has 0 spiro atoms. The first kappa shape index (κ1) is 24.0. The fourth-order valence-electron chi connectivity index (χ4n) is 3.96. The van der Waals surface area contributed by atoms with Crippen LogP contribution in [0.4, 0.5) is 0 Å². The highest BCUT2D eigenvalue weighted by Gasteiger charge is 2.32. The van der Waals surface area contributed by atoms with Gasteiger partial charge in [0.05, 0.1) is 18.6 Å². The Morgan fingerprint density at radius 3 is 2.39 bits per heavy atom. The molecule has 1 heterocycles. The van der Waals surface area contributed by atoms with Crippen LogP contribution >= 0.6 is 0 Å². The van der Waals surface area contributed by atoms with Crippen LogP contribution in [0.25, 0.3) is 5.76 Å². The van der Waals surface area contributed by atoms with E-state index in [0.29, 0.717) is 53.0 Å². The summed E-state index contributed by atoms with van der Waals surface area (Å²) in [7, 11) is 1.44. The summed E-state index contributed by atoms with van der Waals surface area (Å²) in [6.07, 6.45) is 4.70. The second-order valence-corrected chi connectivity index (χ2v) is 7.74. The predicted molar refractivity (Wildman–Crippen MR) is 121 cm³/mol. The number of fused-ring (bicyclic) bond motifs is 1. The average Bonchev–Trinajstić information content (AvgIpc) is 2.81. The lowest BCUT2D eigenvalue weighted by Crippen LogP contribution is -2.14. The third-order valence-corrected chi connectivity index (χ3v) is 5.45. The molecule has 0 aliphatic carbocycles. The molecule has 3 N–H and O–H groups in total. The van der Waals surface area contributed by atoms with Crippen molar-refractivity contribution in [2.75, 3.05) is 13.7 Å². The number of aromatic hydroxyl groups is 2. The zero-order valence-electron chi connectivity index (χ0n) is 18.9. The van der Waals surface area contributed by atoms with E-state index in [1.807, 2.05) is 13.8 Å². The molecule has 33 heavy (non-hydrogen) atoms. The lowest BCUT2D eigenvalue weighted by molar-refractivity contribution is -0.139. The number of benzene rings is 2. The molecule has 2 aromatic carbocycles. The molecular weight excluding hydrogens is 428 g/mol. The number of carbonyl (C=O) groups excluding carboxylic acids is 1. The zero-order chi connectivity index (χ0) is 24.1. The number of methoxy groups -OCH3 is 1.